The minimum atomic E-state index is -0.287. The van der Waals surface area contributed by atoms with Gasteiger partial charge in [0.25, 0.3) is 0 Å². The fourth-order valence-corrected chi connectivity index (χ4v) is 4.64. The lowest BCUT2D eigenvalue weighted by Gasteiger charge is -2.35. The molecule has 0 unspecified atom stereocenters. The summed E-state index contributed by atoms with van der Waals surface area (Å²) in [7, 11) is 0. The highest BCUT2D eigenvalue weighted by atomic mass is 16.7. The Morgan fingerprint density at radius 2 is 1.73 bits per heavy atom. The van der Waals surface area contributed by atoms with E-state index in [4.69, 9.17) is 19.2 Å². The van der Waals surface area contributed by atoms with E-state index in [-0.39, 0.29) is 5.97 Å². The molecule has 0 spiro atoms. The van der Waals surface area contributed by atoms with Gasteiger partial charge in [-0.2, -0.15) is 0 Å². The molecule has 5 rings (SSSR count). The van der Waals surface area contributed by atoms with Crippen molar-refractivity contribution in [1.82, 2.24) is 14.8 Å². The third-order valence-electron chi connectivity index (χ3n) is 6.39. The zero-order chi connectivity index (χ0) is 22.8. The van der Waals surface area contributed by atoms with Crippen molar-refractivity contribution in [2.75, 3.05) is 39.6 Å². The number of carbonyl (C=O) groups excluding carboxylic acids is 1. The van der Waals surface area contributed by atoms with Gasteiger partial charge in [0.1, 0.15) is 0 Å². The molecule has 7 heteroatoms. The number of nitrogens with zero attached hydrogens (tertiary/aromatic N) is 3. The van der Waals surface area contributed by atoms with Gasteiger partial charge in [-0.25, -0.2) is 4.79 Å². The maximum Gasteiger partial charge on any atom is 0.340 e. The summed E-state index contributed by atoms with van der Waals surface area (Å²) in [6, 6.07) is 14.1. The quantitative estimate of drug-likeness (QED) is 0.533. The van der Waals surface area contributed by atoms with Gasteiger partial charge in [-0.3, -0.25) is 14.8 Å². The van der Waals surface area contributed by atoms with Gasteiger partial charge in [0, 0.05) is 44.7 Å². The molecule has 1 aromatic heterocycles. The largest absolute Gasteiger partial charge is 0.462 e. The predicted octanol–water partition coefficient (Wildman–Crippen LogP) is 3.77. The van der Waals surface area contributed by atoms with E-state index in [0.717, 1.165) is 66.4 Å². The summed E-state index contributed by atoms with van der Waals surface area (Å²) in [5, 5.41) is 0.998. The Morgan fingerprint density at radius 3 is 2.52 bits per heavy atom. The Bertz CT molecular complexity index is 1170. The van der Waals surface area contributed by atoms with Crippen molar-refractivity contribution < 1.29 is 19.0 Å². The Kier molecular flexibility index (Phi) is 6.15. The maximum absolute atomic E-state index is 12.8. The van der Waals surface area contributed by atoms with Crippen molar-refractivity contribution in [3.05, 3.63) is 64.8 Å². The zero-order valence-electron chi connectivity index (χ0n) is 19.2. The number of aromatic nitrogens is 1. The van der Waals surface area contributed by atoms with Crippen molar-refractivity contribution in [3.63, 3.8) is 0 Å². The Hall–Kier alpha value is -3.16. The molecule has 3 heterocycles. The average Bonchev–Trinajstić information content (AvgIpc) is 3.29. The molecule has 0 amide bonds. The number of benzene rings is 2. The number of rotatable bonds is 6. The number of carbonyl (C=O) groups is 1. The first-order chi connectivity index (χ1) is 16.1. The van der Waals surface area contributed by atoms with Gasteiger partial charge in [0.15, 0.2) is 11.5 Å². The second-order valence-electron chi connectivity index (χ2n) is 8.54. The maximum atomic E-state index is 12.8. The van der Waals surface area contributed by atoms with Crippen LogP contribution in [0, 0.1) is 6.92 Å². The summed E-state index contributed by atoms with van der Waals surface area (Å²) in [5.41, 5.74) is 4.49. The molecular formula is C26H29N3O4. The summed E-state index contributed by atoms with van der Waals surface area (Å²) >= 11 is 0. The monoisotopic (exact) mass is 447 g/mol. The lowest BCUT2D eigenvalue weighted by atomic mass is 10.0. The number of ether oxygens (including phenoxy) is 3. The van der Waals surface area contributed by atoms with Crippen molar-refractivity contribution >= 4 is 16.9 Å². The fraction of sp³-hybridized carbons (Fsp3) is 0.385. The van der Waals surface area contributed by atoms with Crippen LogP contribution in [0.5, 0.6) is 11.5 Å². The van der Waals surface area contributed by atoms with Crippen molar-refractivity contribution in [3.8, 4) is 11.5 Å². The van der Waals surface area contributed by atoms with Crippen LogP contribution in [0.4, 0.5) is 0 Å². The summed E-state index contributed by atoms with van der Waals surface area (Å²) in [4.78, 5) is 22.5. The molecule has 0 N–H and O–H groups in total. The first-order valence-corrected chi connectivity index (χ1v) is 11.5. The van der Waals surface area contributed by atoms with E-state index in [1.807, 2.05) is 44.2 Å². The van der Waals surface area contributed by atoms with Crippen LogP contribution < -0.4 is 9.47 Å². The molecule has 2 aromatic carbocycles. The lowest BCUT2D eigenvalue weighted by molar-refractivity contribution is 0.0521. The van der Waals surface area contributed by atoms with Crippen LogP contribution in [0.3, 0.4) is 0 Å². The summed E-state index contributed by atoms with van der Waals surface area (Å²) in [6.07, 6.45) is 0. The smallest absolute Gasteiger partial charge is 0.340 e. The van der Waals surface area contributed by atoms with Crippen molar-refractivity contribution in [2.24, 2.45) is 0 Å². The first kappa shape index (κ1) is 21.7. The van der Waals surface area contributed by atoms with E-state index < -0.39 is 0 Å². The highest BCUT2D eigenvalue weighted by Gasteiger charge is 2.24. The number of piperazine rings is 1. The number of para-hydroxylation sites is 1. The van der Waals surface area contributed by atoms with Crippen LogP contribution in [-0.4, -0.2) is 60.3 Å². The van der Waals surface area contributed by atoms with Gasteiger partial charge < -0.3 is 14.2 Å². The highest BCUT2D eigenvalue weighted by molar-refractivity contribution is 5.98. The molecule has 3 aromatic rings. The normalized spacial score (nSPS) is 16.3. The Labute approximate surface area is 193 Å². The second kappa shape index (κ2) is 9.37. The number of esters is 1. The number of hydrogen-bond donors (Lipinski definition) is 0. The number of hydrogen-bond acceptors (Lipinski definition) is 7. The Morgan fingerprint density at radius 1 is 1.00 bits per heavy atom. The topological polar surface area (TPSA) is 64.1 Å². The van der Waals surface area contributed by atoms with Gasteiger partial charge in [0.2, 0.25) is 6.79 Å². The third kappa shape index (κ3) is 4.51. The van der Waals surface area contributed by atoms with Gasteiger partial charge in [0.05, 0.1) is 23.4 Å². The molecule has 0 radical (unpaired) electrons. The average molecular weight is 448 g/mol. The standard InChI is InChI=1S/C26H29N3O4/c1-3-31-26(30)25-18(2)20-6-4-5-7-21(20)27-22(25)16-29-12-10-28(11-13-29)15-19-8-9-23-24(14-19)33-17-32-23/h4-9,14H,3,10-13,15-17H2,1-2H3. The SMILES string of the molecule is CCOC(=O)c1c(CN2CCN(Cc3ccc4c(c3)OCO4)CC2)nc2ccccc2c1C. The molecule has 1 saturated heterocycles. The lowest BCUT2D eigenvalue weighted by Crippen LogP contribution is -2.45. The fourth-order valence-electron chi connectivity index (χ4n) is 4.64. The second-order valence-corrected chi connectivity index (χ2v) is 8.54. The van der Waals surface area contributed by atoms with E-state index >= 15 is 0 Å². The summed E-state index contributed by atoms with van der Waals surface area (Å²) in [5.74, 6) is 1.36. The molecule has 0 atom stereocenters. The minimum Gasteiger partial charge on any atom is -0.462 e. The number of aryl methyl sites for hydroxylation is 1. The molecule has 2 aliphatic rings. The van der Waals surface area contributed by atoms with Crippen molar-refractivity contribution in [1.29, 1.82) is 0 Å². The van der Waals surface area contributed by atoms with E-state index in [0.29, 0.717) is 25.5 Å². The zero-order valence-corrected chi connectivity index (χ0v) is 19.2. The molecule has 33 heavy (non-hydrogen) atoms. The van der Waals surface area contributed by atoms with E-state index in [9.17, 15) is 4.79 Å². The molecule has 2 aliphatic heterocycles. The van der Waals surface area contributed by atoms with Crippen molar-refractivity contribution in [2.45, 2.75) is 26.9 Å². The van der Waals surface area contributed by atoms with E-state index in [2.05, 4.69) is 21.9 Å². The van der Waals surface area contributed by atoms with E-state index in [1.165, 1.54) is 5.56 Å². The highest BCUT2D eigenvalue weighted by Crippen LogP contribution is 2.33. The van der Waals surface area contributed by atoms with Crippen LogP contribution in [0.2, 0.25) is 0 Å². The molecule has 7 nitrogen and oxygen atoms in total. The summed E-state index contributed by atoms with van der Waals surface area (Å²) < 4.78 is 16.3. The third-order valence-corrected chi connectivity index (χ3v) is 6.39. The molecule has 0 aliphatic carbocycles. The molecule has 1 fully saturated rings. The molecule has 172 valence electrons. The number of pyridine rings is 1. The van der Waals surface area contributed by atoms with Gasteiger partial charge in [-0.1, -0.05) is 24.3 Å². The molecule has 0 bridgehead atoms. The van der Waals surface area contributed by atoms with E-state index in [1.54, 1.807) is 0 Å². The van der Waals surface area contributed by atoms with Gasteiger partial charge >= 0.3 is 5.97 Å². The minimum absolute atomic E-state index is 0.287. The van der Waals surface area contributed by atoms with Crippen LogP contribution in [0.15, 0.2) is 42.5 Å². The van der Waals surface area contributed by atoms with Crippen LogP contribution in [0.1, 0.15) is 34.1 Å². The molecular weight excluding hydrogens is 418 g/mol. The predicted molar refractivity (Wildman–Crippen MR) is 126 cm³/mol. The number of fused-ring (bicyclic) bond motifs is 2. The van der Waals surface area contributed by atoms with Crippen LogP contribution >= 0.6 is 0 Å². The Balaban J connectivity index is 1.28. The van der Waals surface area contributed by atoms with Crippen LogP contribution in [-0.2, 0) is 17.8 Å². The van der Waals surface area contributed by atoms with Crippen LogP contribution in [0.25, 0.3) is 10.9 Å². The first-order valence-electron chi connectivity index (χ1n) is 11.5. The van der Waals surface area contributed by atoms with Gasteiger partial charge in [-0.15, -0.1) is 0 Å². The molecule has 0 saturated carbocycles. The summed E-state index contributed by atoms with van der Waals surface area (Å²) in [6.45, 7) is 9.73. The van der Waals surface area contributed by atoms with Gasteiger partial charge in [-0.05, 0) is 43.2 Å².